The first-order valence-electron chi connectivity index (χ1n) is 7.78. The van der Waals surface area contributed by atoms with Crippen LogP contribution < -0.4 is 5.56 Å². The summed E-state index contributed by atoms with van der Waals surface area (Å²) in [5.74, 6) is -0.972. The lowest BCUT2D eigenvalue weighted by Gasteiger charge is -2.24. The molecule has 2 aromatic rings. The van der Waals surface area contributed by atoms with Gasteiger partial charge in [-0.05, 0) is 41.6 Å². The van der Waals surface area contributed by atoms with Gasteiger partial charge in [0, 0.05) is 19.8 Å². The Balaban J connectivity index is 2.16. The molecule has 0 spiro atoms. The molecule has 0 bridgehead atoms. The standard InChI is InChI=1S/C15H18BrN3O5/c1-2-24-15(22)11-13(20)18(8-9-3-5-23-6-4-9)12-10(16)7-17-19(12)14(11)21/h7,9,20H,2-6,8H2,1H3. The summed E-state index contributed by atoms with van der Waals surface area (Å²) in [7, 11) is 0. The van der Waals surface area contributed by atoms with Crippen molar-refractivity contribution in [2.75, 3.05) is 19.8 Å². The van der Waals surface area contributed by atoms with Crippen LogP contribution in [0.1, 0.15) is 30.1 Å². The minimum atomic E-state index is -0.853. The second-order valence-corrected chi connectivity index (χ2v) is 6.47. The number of ether oxygens (including phenoxy) is 2. The van der Waals surface area contributed by atoms with Gasteiger partial charge >= 0.3 is 5.97 Å². The zero-order chi connectivity index (χ0) is 17.3. The lowest BCUT2D eigenvalue weighted by molar-refractivity contribution is 0.0513. The number of fused-ring (bicyclic) bond motifs is 1. The fourth-order valence-corrected chi connectivity index (χ4v) is 3.37. The maximum absolute atomic E-state index is 12.5. The van der Waals surface area contributed by atoms with E-state index in [1.165, 1.54) is 6.20 Å². The Hall–Kier alpha value is -1.87. The number of aromatic hydroxyl groups is 1. The van der Waals surface area contributed by atoms with Crippen LogP contribution in [0, 0.1) is 5.92 Å². The average molecular weight is 400 g/mol. The molecule has 1 N–H and O–H groups in total. The Morgan fingerprint density at radius 1 is 1.50 bits per heavy atom. The summed E-state index contributed by atoms with van der Waals surface area (Å²) in [5.41, 5.74) is -0.682. The highest BCUT2D eigenvalue weighted by molar-refractivity contribution is 9.10. The molecule has 0 atom stereocenters. The molecule has 0 aromatic carbocycles. The van der Waals surface area contributed by atoms with E-state index in [4.69, 9.17) is 9.47 Å². The first-order chi connectivity index (χ1) is 11.5. The summed E-state index contributed by atoms with van der Waals surface area (Å²) < 4.78 is 13.5. The molecule has 0 amide bonds. The highest BCUT2D eigenvalue weighted by Crippen LogP contribution is 2.27. The average Bonchev–Trinajstić information content (AvgIpc) is 2.95. The number of esters is 1. The summed E-state index contributed by atoms with van der Waals surface area (Å²) >= 11 is 3.35. The second-order valence-electron chi connectivity index (χ2n) is 5.62. The molecule has 9 heteroatoms. The van der Waals surface area contributed by atoms with Crippen molar-refractivity contribution in [3.8, 4) is 5.88 Å². The molecule has 8 nitrogen and oxygen atoms in total. The maximum Gasteiger partial charge on any atom is 0.349 e. The molecule has 1 saturated heterocycles. The summed E-state index contributed by atoms with van der Waals surface area (Å²) in [4.78, 5) is 24.6. The van der Waals surface area contributed by atoms with E-state index in [2.05, 4.69) is 21.0 Å². The molecule has 0 aliphatic carbocycles. The Bertz CT molecular complexity index is 823. The Labute approximate surface area is 146 Å². The van der Waals surface area contributed by atoms with Gasteiger partial charge in [-0.25, -0.2) is 4.79 Å². The Kier molecular flexibility index (Phi) is 4.91. The van der Waals surface area contributed by atoms with E-state index in [0.717, 1.165) is 17.4 Å². The van der Waals surface area contributed by atoms with Gasteiger partial charge in [0.25, 0.3) is 5.56 Å². The molecular weight excluding hydrogens is 382 g/mol. The number of nitrogens with zero attached hydrogens (tertiary/aromatic N) is 3. The monoisotopic (exact) mass is 399 g/mol. The van der Waals surface area contributed by atoms with Crippen molar-refractivity contribution in [1.29, 1.82) is 0 Å². The second kappa shape index (κ2) is 6.94. The van der Waals surface area contributed by atoms with Crippen LogP contribution in [-0.2, 0) is 16.0 Å². The SMILES string of the molecule is CCOC(=O)c1c(O)n(CC2CCOCC2)c2c(Br)cnn2c1=O. The molecule has 130 valence electrons. The summed E-state index contributed by atoms with van der Waals surface area (Å²) in [6, 6.07) is 0. The molecule has 3 heterocycles. The summed E-state index contributed by atoms with van der Waals surface area (Å²) in [5, 5.41) is 14.6. The van der Waals surface area contributed by atoms with E-state index in [1.807, 2.05) is 0 Å². The normalized spacial score (nSPS) is 15.8. The molecule has 0 saturated carbocycles. The smallest absolute Gasteiger partial charge is 0.349 e. The zero-order valence-corrected chi connectivity index (χ0v) is 14.8. The van der Waals surface area contributed by atoms with Crippen molar-refractivity contribution in [2.45, 2.75) is 26.3 Å². The zero-order valence-electron chi connectivity index (χ0n) is 13.2. The highest BCUT2D eigenvalue weighted by atomic mass is 79.9. The predicted octanol–water partition coefficient (Wildman–Crippen LogP) is 1.57. The first-order valence-corrected chi connectivity index (χ1v) is 8.57. The van der Waals surface area contributed by atoms with Gasteiger partial charge in [0.15, 0.2) is 11.2 Å². The number of carbonyl (C=O) groups excluding carboxylic acids is 1. The van der Waals surface area contributed by atoms with Crippen LogP contribution in [0.2, 0.25) is 0 Å². The first kappa shape index (κ1) is 17.0. The van der Waals surface area contributed by atoms with Crippen LogP contribution in [0.5, 0.6) is 5.88 Å². The third-order valence-electron chi connectivity index (χ3n) is 4.10. The van der Waals surface area contributed by atoms with Crippen LogP contribution in [0.3, 0.4) is 0 Å². The van der Waals surface area contributed by atoms with Gasteiger partial charge < -0.3 is 14.6 Å². The number of aromatic nitrogens is 3. The lowest BCUT2D eigenvalue weighted by atomic mass is 10.0. The third kappa shape index (κ3) is 2.93. The largest absolute Gasteiger partial charge is 0.494 e. The number of carbonyl (C=O) groups is 1. The number of halogens is 1. The fourth-order valence-electron chi connectivity index (χ4n) is 2.89. The molecule has 24 heavy (non-hydrogen) atoms. The topological polar surface area (TPSA) is 95.1 Å². The van der Waals surface area contributed by atoms with Crippen LogP contribution >= 0.6 is 15.9 Å². The Morgan fingerprint density at radius 3 is 2.88 bits per heavy atom. The van der Waals surface area contributed by atoms with Gasteiger partial charge in [-0.3, -0.25) is 9.36 Å². The number of hydrogen-bond donors (Lipinski definition) is 1. The lowest BCUT2D eigenvalue weighted by Crippen LogP contribution is -2.29. The molecule has 0 unspecified atom stereocenters. The van der Waals surface area contributed by atoms with Crippen molar-refractivity contribution in [3.05, 3.63) is 26.6 Å². The highest BCUT2D eigenvalue weighted by Gasteiger charge is 2.27. The van der Waals surface area contributed by atoms with E-state index in [0.29, 0.717) is 29.9 Å². The van der Waals surface area contributed by atoms with E-state index in [9.17, 15) is 14.7 Å². The quantitative estimate of drug-likeness (QED) is 0.783. The number of hydrogen-bond acceptors (Lipinski definition) is 6. The molecule has 1 aliphatic rings. The molecule has 2 aromatic heterocycles. The maximum atomic E-state index is 12.5. The molecule has 1 aliphatic heterocycles. The van der Waals surface area contributed by atoms with E-state index >= 15 is 0 Å². The third-order valence-corrected chi connectivity index (χ3v) is 4.66. The van der Waals surface area contributed by atoms with Gasteiger partial charge in [0.1, 0.15) is 0 Å². The van der Waals surface area contributed by atoms with Crippen molar-refractivity contribution in [2.24, 2.45) is 5.92 Å². The van der Waals surface area contributed by atoms with E-state index in [1.54, 1.807) is 11.5 Å². The molecular formula is C15H18BrN3O5. The summed E-state index contributed by atoms with van der Waals surface area (Å²) in [6.45, 7) is 3.52. The van der Waals surface area contributed by atoms with Crippen molar-refractivity contribution >= 4 is 27.5 Å². The van der Waals surface area contributed by atoms with Crippen molar-refractivity contribution in [3.63, 3.8) is 0 Å². The van der Waals surface area contributed by atoms with Gasteiger partial charge in [-0.1, -0.05) is 0 Å². The minimum Gasteiger partial charge on any atom is -0.494 e. The van der Waals surface area contributed by atoms with Crippen molar-refractivity contribution in [1.82, 2.24) is 14.2 Å². The van der Waals surface area contributed by atoms with Gasteiger partial charge in [0.2, 0.25) is 5.88 Å². The van der Waals surface area contributed by atoms with Crippen LogP contribution in [-0.4, -0.2) is 45.1 Å². The minimum absolute atomic E-state index is 0.110. The van der Waals surface area contributed by atoms with Crippen LogP contribution in [0.25, 0.3) is 5.65 Å². The van der Waals surface area contributed by atoms with Gasteiger partial charge in [-0.2, -0.15) is 9.61 Å². The predicted molar refractivity (Wildman–Crippen MR) is 88.3 cm³/mol. The summed E-state index contributed by atoms with van der Waals surface area (Å²) in [6.07, 6.45) is 3.15. The van der Waals surface area contributed by atoms with Crippen LogP contribution in [0.15, 0.2) is 15.5 Å². The molecule has 0 radical (unpaired) electrons. The van der Waals surface area contributed by atoms with Crippen molar-refractivity contribution < 1.29 is 19.4 Å². The van der Waals surface area contributed by atoms with E-state index < -0.39 is 23.0 Å². The molecule has 3 rings (SSSR count). The van der Waals surface area contributed by atoms with Gasteiger partial charge in [0.05, 0.1) is 17.3 Å². The van der Waals surface area contributed by atoms with Crippen LogP contribution in [0.4, 0.5) is 0 Å². The Morgan fingerprint density at radius 2 is 2.21 bits per heavy atom. The fraction of sp³-hybridized carbons (Fsp3) is 0.533. The number of rotatable bonds is 4. The molecule has 1 fully saturated rings. The van der Waals surface area contributed by atoms with Gasteiger partial charge in [-0.15, -0.1) is 0 Å². The van der Waals surface area contributed by atoms with E-state index in [-0.39, 0.29) is 12.5 Å².